The molecule has 0 radical (unpaired) electrons. The maximum absolute atomic E-state index is 11.3. The first kappa shape index (κ1) is 13.9. The highest BCUT2D eigenvalue weighted by molar-refractivity contribution is 5.88. The molecule has 1 N–H and O–H groups in total. The fourth-order valence-electron chi connectivity index (χ4n) is 3.86. The molecule has 2 nitrogen and oxygen atoms in total. The van der Waals surface area contributed by atoms with Gasteiger partial charge in [-0.05, 0) is 40.7 Å². The van der Waals surface area contributed by atoms with Crippen LogP contribution in [0.25, 0.3) is 0 Å². The number of fused-ring (bicyclic) bond motifs is 1. The Morgan fingerprint density at radius 3 is 2.29 bits per heavy atom. The van der Waals surface area contributed by atoms with Gasteiger partial charge >= 0.3 is 5.97 Å². The number of carboxylic acid groups (broad SMARTS) is 1. The Kier molecular flexibility index (Phi) is 2.94. The van der Waals surface area contributed by atoms with Crippen molar-refractivity contribution in [2.75, 3.05) is 0 Å². The molecule has 1 aliphatic carbocycles. The first-order valence-electron chi connectivity index (χ1n) is 7.28. The predicted molar refractivity (Wildman–Crippen MR) is 83.9 cm³/mol. The van der Waals surface area contributed by atoms with E-state index >= 15 is 0 Å². The van der Waals surface area contributed by atoms with Crippen LogP contribution < -0.4 is 0 Å². The van der Waals surface area contributed by atoms with E-state index in [1.165, 1.54) is 11.1 Å². The number of hydrogen-bond donors (Lipinski definition) is 1. The minimum atomic E-state index is -0.863. The van der Waals surface area contributed by atoms with Crippen molar-refractivity contribution in [1.29, 1.82) is 0 Å². The average Bonchev–Trinajstić information content (AvgIpc) is 2.67. The largest absolute Gasteiger partial charge is 0.478 e. The fourth-order valence-corrected chi connectivity index (χ4v) is 3.86. The normalized spacial score (nSPS) is 22.8. The van der Waals surface area contributed by atoms with Crippen LogP contribution in [-0.2, 0) is 10.8 Å². The molecule has 2 aromatic carbocycles. The molecule has 2 heteroatoms. The molecule has 0 bridgehead atoms. The van der Waals surface area contributed by atoms with Gasteiger partial charge in [-0.3, -0.25) is 0 Å². The van der Waals surface area contributed by atoms with Gasteiger partial charge in [-0.25, -0.2) is 4.79 Å². The third-order valence-electron chi connectivity index (χ3n) is 4.80. The van der Waals surface area contributed by atoms with Gasteiger partial charge in [0.2, 0.25) is 0 Å². The third kappa shape index (κ3) is 2.06. The van der Waals surface area contributed by atoms with E-state index in [1.54, 1.807) is 6.07 Å². The summed E-state index contributed by atoms with van der Waals surface area (Å²) in [5, 5.41) is 9.29. The quantitative estimate of drug-likeness (QED) is 0.886. The van der Waals surface area contributed by atoms with E-state index in [9.17, 15) is 9.90 Å². The van der Waals surface area contributed by atoms with Crippen molar-refractivity contribution in [1.82, 2.24) is 0 Å². The van der Waals surface area contributed by atoms with E-state index in [1.807, 2.05) is 30.3 Å². The maximum Gasteiger partial charge on any atom is 0.335 e. The molecule has 0 unspecified atom stereocenters. The highest BCUT2D eigenvalue weighted by atomic mass is 16.4. The maximum atomic E-state index is 11.3. The lowest BCUT2D eigenvalue weighted by Gasteiger charge is -2.28. The molecule has 3 rings (SSSR count). The molecule has 1 atom stereocenters. The Morgan fingerprint density at radius 2 is 1.67 bits per heavy atom. The lowest BCUT2D eigenvalue weighted by molar-refractivity contribution is 0.0696. The molecule has 0 saturated heterocycles. The Morgan fingerprint density at radius 1 is 1.00 bits per heavy atom. The molecule has 2 aromatic rings. The van der Waals surface area contributed by atoms with E-state index in [0.29, 0.717) is 5.56 Å². The summed E-state index contributed by atoms with van der Waals surface area (Å²) < 4.78 is 0. The van der Waals surface area contributed by atoms with Gasteiger partial charge in [0, 0.05) is 5.41 Å². The van der Waals surface area contributed by atoms with Crippen LogP contribution in [0.1, 0.15) is 54.2 Å². The molecular weight excluding hydrogens is 260 g/mol. The zero-order chi connectivity index (χ0) is 15.3. The predicted octanol–water partition coefficient (Wildman–Crippen LogP) is 4.37. The minimum Gasteiger partial charge on any atom is -0.478 e. The molecule has 0 aliphatic heterocycles. The molecule has 0 aromatic heterocycles. The van der Waals surface area contributed by atoms with Crippen molar-refractivity contribution in [3.8, 4) is 0 Å². The van der Waals surface area contributed by atoms with E-state index in [2.05, 4.69) is 32.9 Å². The van der Waals surface area contributed by atoms with Crippen LogP contribution in [0.4, 0.5) is 0 Å². The van der Waals surface area contributed by atoms with Crippen molar-refractivity contribution in [3.05, 3.63) is 70.8 Å². The van der Waals surface area contributed by atoms with Gasteiger partial charge < -0.3 is 5.11 Å². The van der Waals surface area contributed by atoms with Gasteiger partial charge in [0.05, 0.1) is 5.56 Å². The number of benzene rings is 2. The summed E-state index contributed by atoms with van der Waals surface area (Å²) in [6.45, 7) is 6.70. The van der Waals surface area contributed by atoms with Crippen LogP contribution in [-0.4, -0.2) is 11.1 Å². The number of aromatic carboxylic acids is 1. The topological polar surface area (TPSA) is 37.3 Å². The molecule has 0 amide bonds. The summed E-state index contributed by atoms with van der Waals surface area (Å²) in [5.74, 6) is -0.863. The highest BCUT2D eigenvalue weighted by Crippen LogP contribution is 2.52. The lowest BCUT2D eigenvalue weighted by Crippen LogP contribution is -2.23. The second-order valence-corrected chi connectivity index (χ2v) is 6.82. The van der Waals surface area contributed by atoms with Crippen LogP contribution >= 0.6 is 0 Å². The zero-order valence-corrected chi connectivity index (χ0v) is 12.7. The van der Waals surface area contributed by atoms with Gasteiger partial charge in [0.1, 0.15) is 0 Å². The molecule has 0 spiro atoms. The van der Waals surface area contributed by atoms with Gasteiger partial charge in [0.15, 0.2) is 0 Å². The Bertz CT molecular complexity index is 701. The van der Waals surface area contributed by atoms with Crippen molar-refractivity contribution >= 4 is 5.97 Å². The Labute approximate surface area is 125 Å². The first-order chi connectivity index (χ1) is 9.84. The summed E-state index contributed by atoms with van der Waals surface area (Å²) in [6, 6.07) is 16.0. The van der Waals surface area contributed by atoms with E-state index < -0.39 is 5.97 Å². The molecule has 0 fully saturated rings. The van der Waals surface area contributed by atoms with Crippen LogP contribution in [0.3, 0.4) is 0 Å². The standard InChI is InChI=1S/C19H20O2/c1-18(2)12-19(3,14-7-5-4-6-8-14)16-11-13(17(20)21)9-10-15(16)18/h4-11H,12H2,1-3H3,(H,20,21)/t19-/m0/s1. The molecular formula is C19H20O2. The Balaban J connectivity index is 2.24. The molecule has 0 saturated carbocycles. The zero-order valence-electron chi connectivity index (χ0n) is 12.7. The number of carbonyl (C=O) groups is 1. The van der Waals surface area contributed by atoms with E-state index in [0.717, 1.165) is 12.0 Å². The highest BCUT2D eigenvalue weighted by Gasteiger charge is 2.45. The molecule has 1 aliphatic rings. The summed E-state index contributed by atoms with van der Waals surface area (Å²) in [4.78, 5) is 11.3. The molecule has 108 valence electrons. The molecule has 0 heterocycles. The fraction of sp³-hybridized carbons (Fsp3) is 0.316. The van der Waals surface area contributed by atoms with Crippen LogP contribution in [0, 0.1) is 0 Å². The van der Waals surface area contributed by atoms with Crippen molar-refractivity contribution in [3.63, 3.8) is 0 Å². The number of carboxylic acids is 1. The summed E-state index contributed by atoms with van der Waals surface area (Å²) in [7, 11) is 0. The second kappa shape index (κ2) is 4.45. The van der Waals surface area contributed by atoms with E-state index in [-0.39, 0.29) is 10.8 Å². The van der Waals surface area contributed by atoms with Crippen molar-refractivity contribution < 1.29 is 9.90 Å². The van der Waals surface area contributed by atoms with Crippen LogP contribution in [0.15, 0.2) is 48.5 Å². The monoisotopic (exact) mass is 280 g/mol. The Hall–Kier alpha value is -2.09. The first-order valence-corrected chi connectivity index (χ1v) is 7.28. The third-order valence-corrected chi connectivity index (χ3v) is 4.80. The lowest BCUT2D eigenvalue weighted by atomic mass is 9.75. The van der Waals surface area contributed by atoms with Crippen molar-refractivity contribution in [2.45, 2.75) is 38.0 Å². The number of rotatable bonds is 2. The summed E-state index contributed by atoms with van der Waals surface area (Å²) >= 11 is 0. The minimum absolute atomic E-state index is 0.0525. The van der Waals surface area contributed by atoms with Gasteiger partial charge in [-0.2, -0.15) is 0 Å². The second-order valence-electron chi connectivity index (χ2n) is 6.82. The van der Waals surface area contributed by atoms with Gasteiger partial charge in [0.25, 0.3) is 0 Å². The average molecular weight is 280 g/mol. The van der Waals surface area contributed by atoms with Crippen molar-refractivity contribution in [2.24, 2.45) is 0 Å². The number of hydrogen-bond acceptors (Lipinski definition) is 1. The SMILES string of the molecule is CC1(C)C[C@@](C)(c2ccccc2)c2cc(C(=O)O)ccc21. The van der Waals surface area contributed by atoms with Crippen LogP contribution in [0.2, 0.25) is 0 Å². The summed E-state index contributed by atoms with van der Waals surface area (Å²) in [6.07, 6.45) is 0.989. The smallest absolute Gasteiger partial charge is 0.335 e. The van der Waals surface area contributed by atoms with Gasteiger partial charge in [-0.1, -0.05) is 57.2 Å². The van der Waals surface area contributed by atoms with Crippen LogP contribution in [0.5, 0.6) is 0 Å². The van der Waals surface area contributed by atoms with Gasteiger partial charge in [-0.15, -0.1) is 0 Å². The summed E-state index contributed by atoms with van der Waals surface area (Å²) in [5.41, 5.74) is 3.95. The molecule has 21 heavy (non-hydrogen) atoms. The van der Waals surface area contributed by atoms with E-state index in [4.69, 9.17) is 0 Å².